The maximum absolute atomic E-state index is 11.3. The molecule has 2 aromatic rings. The van der Waals surface area contributed by atoms with Crippen LogP contribution in [0.4, 0.5) is 0 Å². The molecule has 0 aliphatic carbocycles. The molecule has 0 saturated carbocycles. The van der Waals surface area contributed by atoms with Crippen molar-refractivity contribution >= 4 is 5.97 Å². The van der Waals surface area contributed by atoms with Crippen molar-refractivity contribution < 1.29 is 14.6 Å². The summed E-state index contributed by atoms with van der Waals surface area (Å²) in [5.41, 5.74) is 0.478. The molecule has 19 heavy (non-hydrogen) atoms. The van der Waals surface area contributed by atoms with E-state index in [1.807, 2.05) is 18.2 Å². The van der Waals surface area contributed by atoms with Crippen molar-refractivity contribution in [1.29, 1.82) is 0 Å². The Morgan fingerprint density at radius 3 is 2.89 bits per heavy atom. The highest BCUT2D eigenvalue weighted by atomic mass is 16.5. The highest BCUT2D eigenvalue weighted by Crippen LogP contribution is 2.10. The second kappa shape index (κ2) is 5.45. The van der Waals surface area contributed by atoms with Crippen molar-refractivity contribution in [2.24, 2.45) is 0 Å². The summed E-state index contributed by atoms with van der Waals surface area (Å²) < 4.78 is 6.38. The van der Waals surface area contributed by atoms with Gasteiger partial charge in [0.25, 0.3) is 0 Å². The predicted molar refractivity (Wildman–Crippen MR) is 67.5 cm³/mol. The van der Waals surface area contributed by atoms with Gasteiger partial charge in [-0.3, -0.25) is 4.79 Å². The third-order valence-corrected chi connectivity index (χ3v) is 2.50. The molecule has 1 N–H and O–H groups in total. The standard InChI is InChI=1S/C13H12N2O4/c1-19-8-9-3-2-4-10(7-9)15-6-5-11(16)12(14-15)13(17)18/h2-7H,8H2,1H3,(H,17,18). The molecular formula is C13H12N2O4. The lowest BCUT2D eigenvalue weighted by Crippen LogP contribution is -2.20. The summed E-state index contributed by atoms with van der Waals surface area (Å²) in [6, 6.07) is 8.45. The minimum Gasteiger partial charge on any atom is -0.476 e. The van der Waals surface area contributed by atoms with Crippen molar-refractivity contribution in [1.82, 2.24) is 9.78 Å². The van der Waals surface area contributed by atoms with Crippen LogP contribution in [0.2, 0.25) is 0 Å². The Kier molecular flexibility index (Phi) is 3.72. The number of hydrogen-bond donors (Lipinski definition) is 1. The highest BCUT2D eigenvalue weighted by molar-refractivity contribution is 5.84. The first-order valence-corrected chi connectivity index (χ1v) is 5.53. The summed E-state index contributed by atoms with van der Waals surface area (Å²) in [6.07, 6.45) is 1.43. The first-order chi connectivity index (χ1) is 9.11. The van der Waals surface area contributed by atoms with Crippen LogP contribution in [0.15, 0.2) is 41.3 Å². The van der Waals surface area contributed by atoms with Crippen LogP contribution < -0.4 is 5.43 Å². The molecule has 0 aliphatic rings. The molecule has 0 bridgehead atoms. The van der Waals surface area contributed by atoms with Crippen LogP contribution in [0.5, 0.6) is 0 Å². The van der Waals surface area contributed by atoms with E-state index in [1.54, 1.807) is 13.2 Å². The molecule has 0 saturated heterocycles. The van der Waals surface area contributed by atoms with Crippen molar-refractivity contribution in [3.8, 4) is 5.69 Å². The number of carboxylic acid groups (broad SMARTS) is 1. The monoisotopic (exact) mass is 260 g/mol. The van der Waals surface area contributed by atoms with Gasteiger partial charge in [-0.15, -0.1) is 0 Å². The number of ether oxygens (including phenoxy) is 1. The van der Waals surface area contributed by atoms with E-state index in [0.29, 0.717) is 12.3 Å². The van der Waals surface area contributed by atoms with Crippen molar-refractivity contribution in [2.75, 3.05) is 7.11 Å². The van der Waals surface area contributed by atoms with Crippen LogP contribution in [0.1, 0.15) is 16.1 Å². The maximum Gasteiger partial charge on any atom is 0.360 e. The number of carbonyl (C=O) groups is 1. The lowest BCUT2D eigenvalue weighted by molar-refractivity contribution is 0.0687. The number of benzene rings is 1. The minimum atomic E-state index is -1.34. The Labute approximate surface area is 108 Å². The first-order valence-electron chi connectivity index (χ1n) is 5.53. The van der Waals surface area contributed by atoms with Crippen molar-refractivity contribution in [2.45, 2.75) is 6.61 Å². The molecule has 6 heteroatoms. The van der Waals surface area contributed by atoms with Gasteiger partial charge in [-0.25, -0.2) is 9.48 Å². The Balaban J connectivity index is 2.47. The second-order valence-corrected chi connectivity index (χ2v) is 3.88. The zero-order valence-electron chi connectivity index (χ0n) is 10.2. The van der Waals surface area contributed by atoms with E-state index < -0.39 is 17.1 Å². The SMILES string of the molecule is COCc1cccc(-n2ccc(=O)c(C(=O)O)n2)c1. The third-order valence-electron chi connectivity index (χ3n) is 2.50. The Morgan fingerprint density at radius 2 is 2.21 bits per heavy atom. The Morgan fingerprint density at radius 1 is 1.42 bits per heavy atom. The topological polar surface area (TPSA) is 81.4 Å². The van der Waals surface area contributed by atoms with E-state index in [1.165, 1.54) is 16.9 Å². The zero-order chi connectivity index (χ0) is 13.8. The molecule has 2 rings (SSSR count). The van der Waals surface area contributed by atoms with Gasteiger partial charge in [0.15, 0.2) is 0 Å². The largest absolute Gasteiger partial charge is 0.476 e. The van der Waals surface area contributed by atoms with Crippen LogP contribution in [0.3, 0.4) is 0 Å². The number of aromatic nitrogens is 2. The quantitative estimate of drug-likeness (QED) is 0.889. The number of nitrogens with zero attached hydrogens (tertiary/aromatic N) is 2. The molecule has 1 aromatic heterocycles. The zero-order valence-corrected chi connectivity index (χ0v) is 10.2. The Hall–Kier alpha value is -2.47. The van der Waals surface area contributed by atoms with Gasteiger partial charge in [0.05, 0.1) is 12.3 Å². The molecule has 0 aliphatic heterocycles. The fraction of sp³-hybridized carbons (Fsp3) is 0.154. The molecule has 98 valence electrons. The average Bonchev–Trinajstić information content (AvgIpc) is 2.39. The summed E-state index contributed by atoms with van der Waals surface area (Å²) >= 11 is 0. The van der Waals surface area contributed by atoms with E-state index in [4.69, 9.17) is 9.84 Å². The predicted octanol–water partition coefficient (Wildman–Crippen LogP) is 1.08. The third kappa shape index (κ3) is 2.86. The lowest BCUT2D eigenvalue weighted by atomic mass is 10.2. The van der Waals surface area contributed by atoms with Gasteiger partial charge in [-0.05, 0) is 17.7 Å². The van der Waals surface area contributed by atoms with E-state index in [9.17, 15) is 9.59 Å². The number of aromatic carboxylic acids is 1. The van der Waals surface area contributed by atoms with Gasteiger partial charge >= 0.3 is 5.97 Å². The van der Waals surface area contributed by atoms with Gasteiger partial charge in [0.2, 0.25) is 11.1 Å². The van der Waals surface area contributed by atoms with Crippen LogP contribution in [-0.2, 0) is 11.3 Å². The summed E-state index contributed by atoms with van der Waals surface area (Å²) in [5.74, 6) is -1.34. The van der Waals surface area contributed by atoms with Gasteiger partial charge < -0.3 is 9.84 Å². The average molecular weight is 260 g/mol. The van der Waals surface area contributed by atoms with E-state index in [-0.39, 0.29) is 0 Å². The molecule has 1 heterocycles. The maximum atomic E-state index is 11.3. The van der Waals surface area contributed by atoms with Gasteiger partial charge in [0, 0.05) is 19.4 Å². The fourth-order valence-electron chi connectivity index (χ4n) is 1.65. The van der Waals surface area contributed by atoms with E-state index in [2.05, 4.69) is 5.10 Å². The normalized spacial score (nSPS) is 10.4. The molecule has 1 aromatic carbocycles. The van der Waals surface area contributed by atoms with Crippen LogP contribution in [0.25, 0.3) is 5.69 Å². The van der Waals surface area contributed by atoms with Crippen molar-refractivity contribution in [3.05, 3.63) is 58.0 Å². The molecule has 0 atom stereocenters. The summed E-state index contributed by atoms with van der Waals surface area (Å²) in [7, 11) is 1.59. The molecule has 0 fully saturated rings. The number of methoxy groups -OCH3 is 1. The summed E-state index contributed by atoms with van der Waals surface area (Å²) in [4.78, 5) is 22.2. The molecule has 0 radical (unpaired) electrons. The molecule has 0 unspecified atom stereocenters. The molecule has 0 spiro atoms. The van der Waals surface area contributed by atoms with E-state index in [0.717, 1.165) is 5.56 Å². The van der Waals surface area contributed by atoms with Gasteiger partial charge in [0.1, 0.15) is 0 Å². The lowest BCUT2D eigenvalue weighted by Gasteiger charge is -2.07. The second-order valence-electron chi connectivity index (χ2n) is 3.88. The summed E-state index contributed by atoms with van der Waals surface area (Å²) in [6.45, 7) is 0.444. The van der Waals surface area contributed by atoms with Gasteiger partial charge in [-0.2, -0.15) is 5.10 Å². The minimum absolute atomic E-state index is 0.444. The number of carboxylic acids is 1. The van der Waals surface area contributed by atoms with Gasteiger partial charge in [-0.1, -0.05) is 12.1 Å². The van der Waals surface area contributed by atoms with Crippen molar-refractivity contribution in [3.63, 3.8) is 0 Å². The Bertz CT molecular complexity index is 664. The van der Waals surface area contributed by atoms with Crippen LogP contribution in [-0.4, -0.2) is 28.0 Å². The van der Waals surface area contributed by atoms with E-state index >= 15 is 0 Å². The van der Waals surface area contributed by atoms with Crippen LogP contribution >= 0.6 is 0 Å². The fourth-order valence-corrected chi connectivity index (χ4v) is 1.65. The summed E-state index contributed by atoms with van der Waals surface area (Å²) in [5, 5.41) is 12.7. The number of hydrogen-bond acceptors (Lipinski definition) is 4. The molecule has 6 nitrogen and oxygen atoms in total. The highest BCUT2D eigenvalue weighted by Gasteiger charge is 2.11. The molecule has 0 amide bonds. The molecular weight excluding hydrogens is 248 g/mol. The first kappa shape index (κ1) is 13.0. The number of rotatable bonds is 4. The van der Waals surface area contributed by atoms with Crippen LogP contribution in [0, 0.1) is 0 Å². The smallest absolute Gasteiger partial charge is 0.360 e.